The van der Waals surface area contributed by atoms with Crippen molar-refractivity contribution >= 4 is 27.7 Å². The number of alkyl halides is 1. The van der Waals surface area contributed by atoms with Crippen LogP contribution >= 0.6 is 27.7 Å². The maximum Gasteiger partial charge on any atom is 0.190 e. The van der Waals surface area contributed by atoms with Crippen LogP contribution in [0, 0.1) is 12.3 Å². The molecule has 0 saturated heterocycles. The summed E-state index contributed by atoms with van der Waals surface area (Å²) in [5.74, 6) is 2.10. The van der Waals surface area contributed by atoms with Crippen LogP contribution in [0.1, 0.15) is 45.4 Å². The van der Waals surface area contributed by atoms with Crippen molar-refractivity contribution in [3.8, 4) is 0 Å². The summed E-state index contributed by atoms with van der Waals surface area (Å²) in [4.78, 5) is 0. The minimum absolute atomic E-state index is 0.397. The molecule has 0 fully saturated rings. The van der Waals surface area contributed by atoms with Crippen molar-refractivity contribution < 1.29 is 0 Å². The Morgan fingerprint density at radius 3 is 2.22 bits per heavy atom. The average Bonchev–Trinajstić information content (AvgIpc) is 2.68. The molecule has 3 nitrogen and oxygen atoms in total. The highest BCUT2D eigenvalue weighted by Crippen LogP contribution is 2.37. The number of aromatic nitrogens is 3. The summed E-state index contributed by atoms with van der Waals surface area (Å²) in [6.45, 7) is 6.53. The minimum Gasteiger partial charge on any atom is -0.309 e. The Bertz CT molecular complexity index is 359. The monoisotopic (exact) mass is 333 g/mol. The molecule has 104 valence electrons. The van der Waals surface area contributed by atoms with Crippen LogP contribution in [0.4, 0.5) is 0 Å². The lowest BCUT2D eigenvalue weighted by Crippen LogP contribution is -2.25. The predicted octanol–water partition coefficient (Wildman–Crippen LogP) is 4.20. The fourth-order valence-corrected chi connectivity index (χ4v) is 4.51. The first-order chi connectivity index (χ1) is 8.58. The number of hydrogen-bond acceptors (Lipinski definition) is 3. The minimum atomic E-state index is 0.397. The van der Waals surface area contributed by atoms with Crippen molar-refractivity contribution in [3.63, 3.8) is 0 Å². The number of hydrogen-bond donors (Lipinski definition) is 0. The molecule has 5 heteroatoms. The molecule has 1 aromatic heterocycles. The molecule has 0 unspecified atom stereocenters. The molecular formula is C13H24BrN3S. The van der Waals surface area contributed by atoms with Crippen molar-refractivity contribution in [3.05, 3.63) is 5.82 Å². The number of halogens is 1. The van der Waals surface area contributed by atoms with Gasteiger partial charge in [-0.25, -0.2) is 0 Å². The molecule has 1 aromatic rings. The molecule has 0 N–H and O–H groups in total. The van der Waals surface area contributed by atoms with Gasteiger partial charge < -0.3 is 4.57 Å². The number of nitrogens with zero attached hydrogens (tertiary/aromatic N) is 3. The van der Waals surface area contributed by atoms with Gasteiger partial charge >= 0.3 is 0 Å². The molecule has 0 saturated carbocycles. The van der Waals surface area contributed by atoms with Crippen LogP contribution in [0.2, 0.25) is 0 Å². The number of aryl methyl sites for hydroxylation is 1. The van der Waals surface area contributed by atoms with E-state index in [9.17, 15) is 0 Å². The molecule has 1 heterocycles. The molecule has 0 bridgehead atoms. The van der Waals surface area contributed by atoms with Gasteiger partial charge in [0.05, 0.1) is 0 Å². The van der Waals surface area contributed by atoms with E-state index >= 15 is 0 Å². The van der Waals surface area contributed by atoms with Gasteiger partial charge in [0, 0.05) is 18.1 Å². The molecule has 0 spiro atoms. The third-order valence-electron chi connectivity index (χ3n) is 3.40. The summed E-state index contributed by atoms with van der Waals surface area (Å²) in [5, 5.41) is 10.5. The zero-order chi connectivity index (χ0) is 13.6. The molecule has 0 aromatic carbocycles. The highest BCUT2D eigenvalue weighted by molar-refractivity contribution is 9.09. The molecular weight excluding hydrogens is 310 g/mol. The Morgan fingerprint density at radius 1 is 1.22 bits per heavy atom. The maximum atomic E-state index is 4.23. The molecule has 0 aliphatic rings. The first-order valence-electron chi connectivity index (χ1n) is 6.63. The molecule has 0 aliphatic carbocycles. The second-order valence-corrected chi connectivity index (χ2v) is 6.51. The standard InChI is InChI=1S/C13H24BrN3S/c1-5-7-13(9-14,8-6-2)10-18-12-16-15-11(3)17(12)4/h5-10H2,1-4H3. The lowest BCUT2D eigenvalue weighted by molar-refractivity contribution is 0.320. The number of thioether (sulfide) groups is 1. The maximum absolute atomic E-state index is 4.23. The first-order valence-corrected chi connectivity index (χ1v) is 8.74. The molecule has 0 radical (unpaired) electrons. The highest BCUT2D eigenvalue weighted by atomic mass is 79.9. The van der Waals surface area contributed by atoms with E-state index in [1.54, 1.807) is 0 Å². The zero-order valence-corrected chi connectivity index (χ0v) is 14.3. The summed E-state index contributed by atoms with van der Waals surface area (Å²) in [5.41, 5.74) is 0.397. The largest absolute Gasteiger partial charge is 0.309 e. The summed E-state index contributed by atoms with van der Waals surface area (Å²) >= 11 is 5.55. The van der Waals surface area contributed by atoms with E-state index in [4.69, 9.17) is 0 Å². The van der Waals surface area contributed by atoms with Gasteiger partial charge in [0.25, 0.3) is 0 Å². The van der Waals surface area contributed by atoms with E-state index in [-0.39, 0.29) is 0 Å². The van der Waals surface area contributed by atoms with Gasteiger partial charge in [-0.05, 0) is 25.2 Å². The third-order valence-corrected chi connectivity index (χ3v) is 5.96. The van der Waals surface area contributed by atoms with E-state index in [0.29, 0.717) is 5.41 Å². The smallest absolute Gasteiger partial charge is 0.190 e. The van der Waals surface area contributed by atoms with Crippen molar-refractivity contribution in [2.75, 3.05) is 11.1 Å². The second kappa shape index (κ2) is 7.53. The van der Waals surface area contributed by atoms with Gasteiger partial charge in [-0.15, -0.1) is 10.2 Å². The quantitative estimate of drug-likeness (QED) is 0.527. The Hall–Kier alpha value is -0.0300. The highest BCUT2D eigenvalue weighted by Gasteiger charge is 2.28. The second-order valence-electron chi connectivity index (χ2n) is 5.01. The molecule has 18 heavy (non-hydrogen) atoms. The van der Waals surface area contributed by atoms with Crippen molar-refractivity contribution in [1.82, 2.24) is 14.8 Å². The normalized spacial score (nSPS) is 12.1. The summed E-state index contributed by atoms with van der Waals surface area (Å²) in [6, 6.07) is 0. The fraction of sp³-hybridized carbons (Fsp3) is 0.846. The Kier molecular flexibility index (Phi) is 6.71. The molecule has 0 aliphatic heterocycles. The van der Waals surface area contributed by atoms with Gasteiger partial charge in [0.1, 0.15) is 5.82 Å². The lowest BCUT2D eigenvalue weighted by Gasteiger charge is -2.31. The lowest BCUT2D eigenvalue weighted by atomic mass is 9.83. The van der Waals surface area contributed by atoms with Crippen LogP contribution in [-0.2, 0) is 7.05 Å². The third kappa shape index (κ3) is 3.98. The number of rotatable bonds is 8. The summed E-state index contributed by atoms with van der Waals surface area (Å²) < 4.78 is 2.07. The predicted molar refractivity (Wildman–Crippen MR) is 82.5 cm³/mol. The van der Waals surface area contributed by atoms with Crippen molar-refractivity contribution in [2.45, 2.75) is 51.6 Å². The van der Waals surface area contributed by atoms with E-state index in [2.05, 4.69) is 44.5 Å². The Balaban J connectivity index is 2.69. The first kappa shape index (κ1) is 16.0. The fourth-order valence-electron chi connectivity index (χ4n) is 2.23. The van der Waals surface area contributed by atoms with Crippen LogP contribution in [0.5, 0.6) is 0 Å². The van der Waals surface area contributed by atoms with Gasteiger partial charge in [0.15, 0.2) is 5.16 Å². The SMILES string of the molecule is CCCC(CBr)(CCC)CSc1nnc(C)n1C. The molecule has 1 rings (SSSR count). The van der Waals surface area contributed by atoms with Gasteiger partial charge in [-0.1, -0.05) is 54.4 Å². The molecule has 0 amide bonds. The Labute approximate surface area is 123 Å². The van der Waals surface area contributed by atoms with Gasteiger partial charge in [0.2, 0.25) is 0 Å². The van der Waals surface area contributed by atoms with Crippen molar-refractivity contribution in [2.24, 2.45) is 12.5 Å². The Morgan fingerprint density at radius 2 is 1.83 bits per heavy atom. The zero-order valence-electron chi connectivity index (χ0n) is 11.9. The summed E-state index contributed by atoms with van der Waals surface area (Å²) in [7, 11) is 2.03. The van der Waals surface area contributed by atoms with E-state index in [0.717, 1.165) is 22.1 Å². The van der Waals surface area contributed by atoms with Crippen LogP contribution in [-0.4, -0.2) is 25.8 Å². The van der Waals surface area contributed by atoms with Crippen molar-refractivity contribution in [1.29, 1.82) is 0 Å². The topological polar surface area (TPSA) is 30.7 Å². The van der Waals surface area contributed by atoms with Crippen LogP contribution in [0.3, 0.4) is 0 Å². The molecule has 0 atom stereocenters. The van der Waals surface area contributed by atoms with Gasteiger partial charge in [-0.2, -0.15) is 0 Å². The van der Waals surface area contributed by atoms with Crippen LogP contribution in [0.25, 0.3) is 0 Å². The van der Waals surface area contributed by atoms with Crippen LogP contribution < -0.4 is 0 Å². The van der Waals surface area contributed by atoms with E-state index in [1.807, 2.05) is 25.7 Å². The van der Waals surface area contributed by atoms with Crippen LogP contribution in [0.15, 0.2) is 5.16 Å². The summed E-state index contributed by atoms with van der Waals surface area (Å²) in [6.07, 6.45) is 5.03. The average molecular weight is 334 g/mol. The van der Waals surface area contributed by atoms with E-state index in [1.165, 1.54) is 25.7 Å². The van der Waals surface area contributed by atoms with Gasteiger partial charge in [-0.3, -0.25) is 0 Å². The van der Waals surface area contributed by atoms with E-state index < -0.39 is 0 Å².